The molecule has 14 heteroatoms. The van der Waals surface area contributed by atoms with Crippen molar-refractivity contribution >= 4 is 62.5 Å². The molecule has 2 aliphatic rings. The van der Waals surface area contributed by atoms with Gasteiger partial charge in [0.2, 0.25) is 17.8 Å². The van der Waals surface area contributed by atoms with Crippen molar-refractivity contribution in [1.29, 1.82) is 0 Å². The maximum Gasteiger partial charge on any atom is 0.269 e. The van der Waals surface area contributed by atoms with Gasteiger partial charge in [0.05, 0.1) is 41.6 Å². The summed E-state index contributed by atoms with van der Waals surface area (Å²) in [5.74, 6) is 2.45. The van der Waals surface area contributed by atoms with Crippen LogP contribution in [0.4, 0.5) is 29.2 Å². The largest absolute Gasteiger partial charge is 0.378 e. The van der Waals surface area contributed by atoms with E-state index in [9.17, 15) is 10.1 Å². The number of benzene rings is 2. The van der Waals surface area contributed by atoms with Crippen LogP contribution in [-0.4, -0.2) is 77.5 Å². The quantitative estimate of drug-likeness (QED) is 0.187. The number of nitro benzene ring substituents is 1. The molecule has 2 aliphatic heterocycles. The Kier molecular flexibility index (Phi) is 7.67. The summed E-state index contributed by atoms with van der Waals surface area (Å²) in [6.45, 7) is 5.53. The van der Waals surface area contributed by atoms with Gasteiger partial charge in [-0.05, 0) is 23.8 Å². The van der Waals surface area contributed by atoms with Crippen LogP contribution in [0, 0.1) is 10.1 Å². The molecule has 2 saturated heterocycles. The zero-order valence-electron chi connectivity index (χ0n) is 21.0. The summed E-state index contributed by atoms with van der Waals surface area (Å²) in [4.78, 5) is 33.7. The predicted octanol–water partition coefficient (Wildman–Crippen LogP) is 4.10. The molecular formula is C25H26N8O4S2. The van der Waals surface area contributed by atoms with Crippen LogP contribution in [-0.2, 0) is 15.2 Å². The van der Waals surface area contributed by atoms with E-state index in [1.165, 1.54) is 12.1 Å². The van der Waals surface area contributed by atoms with E-state index < -0.39 is 0 Å². The Labute approximate surface area is 232 Å². The van der Waals surface area contributed by atoms with Gasteiger partial charge in [-0.1, -0.05) is 23.9 Å². The minimum atomic E-state index is -0.389. The van der Waals surface area contributed by atoms with E-state index in [0.29, 0.717) is 50.0 Å². The molecule has 2 fully saturated rings. The highest BCUT2D eigenvalue weighted by atomic mass is 32.2. The highest BCUT2D eigenvalue weighted by molar-refractivity contribution is 8.00. The van der Waals surface area contributed by atoms with Crippen molar-refractivity contribution in [2.45, 2.75) is 10.1 Å². The molecular weight excluding hydrogens is 540 g/mol. The lowest BCUT2D eigenvalue weighted by atomic mass is 10.2. The van der Waals surface area contributed by atoms with Crippen LogP contribution in [0.5, 0.6) is 0 Å². The lowest BCUT2D eigenvalue weighted by Crippen LogP contribution is -2.40. The second-order valence-electron chi connectivity index (χ2n) is 8.96. The van der Waals surface area contributed by atoms with E-state index in [-0.39, 0.29) is 10.6 Å². The van der Waals surface area contributed by atoms with Crippen LogP contribution >= 0.6 is 23.1 Å². The molecule has 12 nitrogen and oxygen atoms in total. The first-order chi connectivity index (χ1) is 19.1. The molecule has 0 radical (unpaired) electrons. The second-order valence-corrected chi connectivity index (χ2v) is 11.2. The molecule has 4 heterocycles. The van der Waals surface area contributed by atoms with E-state index >= 15 is 0 Å². The average molecular weight is 567 g/mol. The number of hydrogen-bond donors (Lipinski definition) is 1. The minimum Gasteiger partial charge on any atom is -0.378 e. The van der Waals surface area contributed by atoms with Crippen molar-refractivity contribution in [3.63, 3.8) is 0 Å². The summed E-state index contributed by atoms with van der Waals surface area (Å²) < 4.78 is 13.0. The van der Waals surface area contributed by atoms with Crippen molar-refractivity contribution in [1.82, 2.24) is 19.9 Å². The summed E-state index contributed by atoms with van der Waals surface area (Å²) in [5, 5.41) is 14.3. The number of fused-ring (bicyclic) bond motifs is 1. The van der Waals surface area contributed by atoms with Gasteiger partial charge < -0.3 is 24.6 Å². The van der Waals surface area contributed by atoms with Gasteiger partial charge in [-0.25, -0.2) is 4.98 Å². The molecule has 0 unspecified atom stereocenters. The molecule has 0 saturated carbocycles. The number of aromatic nitrogens is 4. The number of morpholine rings is 2. The van der Waals surface area contributed by atoms with Gasteiger partial charge in [-0.15, -0.1) is 11.3 Å². The van der Waals surface area contributed by atoms with E-state index in [4.69, 9.17) is 29.4 Å². The number of thioether (sulfide) groups is 1. The van der Waals surface area contributed by atoms with Crippen LogP contribution in [0.1, 0.15) is 5.56 Å². The molecule has 1 N–H and O–H groups in total. The maximum absolute atomic E-state index is 10.9. The van der Waals surface area contributed by atoms with Gasteiger partial charge in [0.15, 0.2) is 4.34 Å². The summed E-state index contributed by atoms with van der Waals surface area (Å²) in [6, 6.07) is 12.6. The molecule has 2 aromatic carbocycles. The normalized spacial score (nSPS) is 16.0. The van der Waals surface area contributed by atoms with Gasteiger partial charge in [0.25, 0.3) is 5.69 Å². The third kappa shape index (κ3) is 6.19. The zero-order valence-corrected chi connectivity index (χ0v) is 22.6. The fraction of sp³-hybridized carbons (Fsp3) is 0.360. The van der Waals surface area contributed by atoms with Gasteiger partial charge in [0, 0.05) is 49.8 Å². The molecule has 6 rings (SSSR count). The molecule has 39 heavy (non-hydrogen) atoms. The Bertz CT molecular complexity index is 1420. The van der Waals surface area contributed by atoms with Crippen molar-refractivity contribution in [2.75, 3.05) is 67.7 Å². The summed E-state index contributed by atoms with van der Waals surface area (Å²) in [7, 11) is 0. The van der Waals surface area contributed by atoms with Crippen molar-refractivity contribution < 1.29 is 14.4 Å². The third-order valence-electron chi connectivity index (χ3n) is 6.33. The monoisotopic (exact) mass is 566 g/mol. The minimum absolute atomic E-state index is 0.0936. The average Bonchev–Trinajstić information content (AvgIpc) is 3.39. The van der Waals surface area contributed by atoms with E-state index in [2.05, 4.69) is 21.2 Å². The number of nitrogens with zero attached hydrogens (tertiary/aromatic N) is 7. The van der Waals surface area contributed by atoms with Crippen LogP contribution < -0.4 is 15.1 Å². The summed E-state index contributed by atoms with van der Waals surface area (Å²) in [6.07, 6.45) is 0. The lowest BCUT2D eigenvalue weighted by molar-refractivity contribution is -0.384. The van der Waals surface area contributed by atoms with Crippen LogP contribution in [0.15, 0.2) is 46.8 Å². The number of non-ortho nitro benzene ring substituents is 1. The Hall–Kier alpha value is -3.59. The topological polar surface area (TPSA) is 132 Å². The molecule has 0 bridgehead atoms. The first-order valence-corrected chi connectivity index (χ1v) is 14.4. The molecule has 4 aromatic rings. The summed E-state index contributed by atoms with van der Waals surface area (Å²) in [5.41, 5.74) is 2.88. The Morgan fingerprint density at radius 1 is 0.897 bits per heavy atom. The fourth-order valence-electron chi connectivity index (χ4n) is 4.25. The number of ether oxygens (including phenoxy) is 2. The maximum atomic E-state index is 10.9. The number of thiazole rings is 1. The second kappa shape index (κ2) is 11.7. The van der Waals surface area contributed by atoms with Gasteiger partial charge in [0.1, 0.15) is 0 Å². The fourth-order valence-corrected chi connectivity index (χ4v) is 6.31. The van der Waals surface area contributed by atoms with E-state index in [0.717, 1.165) is 52.0 Å². The third-order valence-corrected chi connectivity index (χ3v) is 8.57. The number of nitrogens with one attached hydrogen (secondary N) is 1. The van der Waals surface area contributed by atoms with Crippen molar-refractivity contribution in [3.05, 3.63) is 58.1 Å². The number of nitro groups is 1. The molecule has 0 atom stereocenters. The van der Waals surface area contributed by atoms with Crippen LogP contribution in [0.2, 0.25) is 0 Å². The van der Waals surface area contributed by atoms with E-state index in [1.807, 2.05) is 12.1 Å². The van der Waals surface area contributed by atoms with Gasteiger partial charge >= 0.3 is 0 Å². The van der Waals surface area contributed by atoms with E-state index in [1.54, 1.807) is 35.2 Å². The highest BCUT2D eigenvalue weighted by Crippen LogP contribution is 2.34. The Morgan fingerprint density at radius 3 is 2.15 bits per heavy atom. The number of hydrogen-bond acceptors (Lipinski definition) is 13. The van der Waals surface area contributed by atoms with Gasteiger partial charge in [-0.3, -0.25) is 10.1 Å². The van der Waals surface area contributed by atoms with Crippen LogP contribution in [0.25, 0.3) is 10.2 Å². The van der Waals surface area contributed by atoms with Crippen molar-refractivity contribution in [2.24, 2.45) is 0 Å². The summed E-state index contributed by atoms with van der Waals surface area (Å²) >= 11 is 3.22. The number of anilines is 4. The Balaban J connectivity index is 1.19. The SMILES string of the molecule is O=[N+]([O-])c1ccc(CSc2nc3ccc(Nc4nc(N5CCOCC5)nc(N5CCOCC5)n4)cc3s2)cc1. The predicted molar refractivity (Wildman–Crippen MR) is 151 cm³/mol. The van der Waals surface area contributed by atoms with Gasteiger partial charge in [-0.2, -0.15) is 15.0 Å². The zero-order chi connectivity index (χ0) is 26.6. The lowest BCUT2D eigenvalue weighted by Gasteiger charge is -2.30. The smallest absolute Gasteiger partial charge is 0.269 e. The molecule has 0 spiro atoms. The van der Waals surface area contributed by atoms with Crippen molar-refractivity contribution in [3.8, 4) is 0 Å². The standard InChI is InChI=1S/C25H26N8O4S2/c34-33(35)19-4-1-17(2-5-19)16-38-25-27-20-6-3-18(15-21(20)39-25)26-22-28-23(31-7-11-36-12-8-31)30-24(29-22)32-9-13-37-14-10-32/h1-6,15H,7-14,16H2,(H,26,28,29,30). The number of rotatable bonds is 8. The first kappa shape index (κ1) is 25.7. The molecule has 0 amide bonds. The molecule has 0 aliphatic carbocycles. The molecule has 2 aromatic heterocycles. The highest BCUT2D eigenvalue weighted by Gasteiger charge is 2.21. The Morgan fingerprint density at radius 2 is 1.54 bits per heavy atom. The first-order valence-electron chi connectivity index (χ1n) is 12.6. The molecule has 202 valence electrons. The van der Waals surface area contributed by atoms with Crippen LogP contribution in [0.3, 0.4) is 0 Å².